The molecule has 0 aliphatic heterocycles. The molecule has 2 aromatic heterocycles. The number of benzene rings is 2. The maximum atomic E-state index is 8.87. The first-order valence-electron chi connectivity index (χ1n) is 8.05. The van der Waals surface area contributed by atoms with E-state index in [9.17, 15) is 0 Å². The molecule has 2 heterocycles. The lowest BCUT2D eigenvalue weighted by molar-refractivity contribution is 0.573. The average molecular weight is 428 g/mol. The number of nitrogens with zero attached hydrogens (tertiary/aromatic N) is 7. The maximum Gasteiger partial charge on any atom is 0.209 e. The largest absolute Gasteiger partial charge is 0.225 e. The van der Waals surface area contributed by atoms with Gasteiger partial charge in [0.05, 0.1) is 40.6 Å². The van der Waals surface area contributed by atoms with Gasteiger partial charge in [0, 0.05) is 5.02 Å². The highest BCUT2D eigenvalue weighted by Crippen LogP contribution is 2.30. The minimum Gasteiger partial charge on any atom is -0.225 e. The Kier molecular flexibility index (Phi) is 5.05. The van der Waals surface area contributed by atoms with Crippen molar-refractivity contribution in [1.29, 1.82) is 5.26 Å². The average Bonchev–Trinajstić information content (AvgIpc) is 3.29. The minimum atomic E-state index is 0.398. The van der Waals surface area contributed by atoms with Gasteiger partial charge in [0.2, 0.25) is 5.82 Å². The number of halogens is 2. The van der Waals surface area contributed by atoms with E-state index in [-0.39, 0.29) is 0 Å². The van der Waals surface area contributed by atoms with E-state index in [1.807, 2.05) is 12.1 Å². The van der Waals surface area contributed by atoms with Gasteiger partial charge in [0.25, 0.3) is 0 Å². The molecule has 0 bridgehead atoms. The molecule has 0 radical (unpaired) electrons. The quantitative estimate of drug-likeness (QED) is 0.496. The van der Waals surface area contributed by atoms with Gasteiger partial charge in [-0.3, -0.25) is 0 Å². The van der Waals surface area contributed by atoms with Crippen LogP contribution in [0.1, 0.15) is 11.1 Å². The highest BCUT2D eigenvalue weighted by molar-refractivity contribution is 7.80. The summed E-state index contributed by atoms with van der Waals surface area (Å²) in [6, 6.07) is 14.4. The molecule has 0 fully saturated rings. The van der Waals surface area contributed by atoms with Crippen LogP contribution in [-0.4, -0.2) is 30.0 Å². The Labute approximate surface area is 175 Å². The Bertz CT molecular complexity index is 1190. The first kappa shape index (κ1) is 18.5. The third-order valence-electron chi connectivity index (χ3n) is 3.98. The molecule has 0 atom stereocenters. The van der Waals surface area contributed by atoms with E-state index in [0.717, 1.165) is 5.56 Å². The number of hydrogen-bond acceptors (Lipinski definition) is 6. The molecule has 138 valence electrons. The summed E-state index contributed by atoms with van der Waals surface area (Å²) in [5.41, 5.74) is 2.83. The topological polar surface area (TPSA) is 85.2 Å². The van der Waals surface area contributed by atoms with Crippen LogP contribution in [0.3, 0.4) is 0 Å². The molecule has 4 rings (SSSR count). The van der Waals surface area contributed by atoms with Crippen molar-refractivity contribution in [2.24, 2.45) is 0 Å². The van der Waals surface area contributed by atoms with E-state index in [4.69, 9.17) is 28.5 Å². The highest BCUT2D eigenvalue weighted by Gasteiger charge is 2.17. The van der Waals surface area contributed by atoms with E-state index in [1.165, 1.54) is 4.80 Å². The smallest absolute Gasteiger partial charge is 0.209 e. The lowest BCUT2D eigenvalue weighted by Gasteiger charge is -2.06. The highest BCUT2D eigenvalue weighted by atomic mass is 35.5. The summed E-state index contributed by atoms with van der Waals surface area (Å²) in [6.07, 6.45) is 1.61. The molecule has 0 amide bonds. The van der Waals surface area contributed by atoms with E-state index in [0.29, 0.717) is 44.3 Å². The summed E-state index contributed by atoms with van der Waals surface area (Å²) < 4.78 is 1.58. The molecule has 0 saturated carbocycles. The molecule has 28 heavy (non-hydrogen) atoms. The van der Waals surface area contributed by atoms with Crippen molar-refractivity contribution in [3.63, 3.8) is 0 Å². The summed E-state index contributed by atoms with van der Waals surface area (Å²) in [5, 5.41) is 27.3. The Morgan fingerprint density at radius 3 is 2.61 bits per heavy atom. The zero-order valence-corrected chi connectivity index (χ0v) is 16.6. The lowest BCUT2D eigenvalue weighted by atomic mass is 10.1. The van der Waals surface area contributed by atoms with Gasteiger partial charge in [-0.25, -0.2) is 4.68 Å². The van der Waals surface area contributed by atoms with Crippen molar-refractivity contribution >= 4 is 35.8 Å². The third kappa shape index (κ3) is 3.60. The second kappa shape index (κ2) is 7.64. The van der Waals surface area contributed by atoms with Gasteiger partial charge in [0.1, 0.15) is 5.03 Å². The summed E-state index contributed by atoms with van der Waals surface area (Å²) in [4.78, 5) is 1.47. The molecule has 0 aliphatic carbocycles. The number of tetrazole rings is 1. The molecule has 0 spiro atoms. The molecule has 4 aromatic rings. The fourth-order valence-electron chi connectivity index (χ4n) is 2.60. The van der Waals surface area contributed by atoms with E-state index in [2.05, 4.69) is 39.2 Å². The van der Waals surface area contributed by atoms with Crippen LogP contribution in [0.15, 0.2) is 53.7 Å². The standard InChI is InChI=1S/C18H11Cl2N7S/c19-13-5-6-16(15(20)7-13)27-18(28)14(9-22-27)17-23-25-26(24-17)10-12-3-1-11(8-21)2-4-12/h1-7,9,28H,10H2. The van der Waals surface area contributed by atoms with Crippen LogP contribution in [0.2, 0.25) is 10.0 Å². The zero-order valence-electron chi connectivity index (χ0n) is 14.2. The maximum absolute atomic E-state index is 8.87. The first-order chi connectivity index (χ1) is 13.5. The van der Waals surface area contributed by atoms with Gasteiger partial charge in [-0.2, -0.15) is 15.2 Å². The van der Waals surface area contributed by atoms with Gasteiger partial charge < -0.3 is 0 Å². The normalized spacial score (nSPS) is 10.8. The fourth-order valence-corrected chi connectivity index (χ4v) is 3.40. The summed E-state index contributed by atoms with van der Waals surface area (Å²) in [5.74, 6) is 0.398. The van der Waals surface area contributed by atoms with Crippen LogP contribution >= 0.6 is 35.8 Å². The van der Waals surface area contributed by atoms with Crippen LogP contribution < -0.4 is 0 Å². The molecular formula is C18H11Cl2N7S. The van der Waals surface area contributed by atoms with Gasteiger partial charge in [0.15, 0.2) is 0 Å². The van der Waals surface area contributed by atoms with E-state index < -0.39 is 0 Å². The Morgan fingerprint density at radius 1 is 1.11 bits per heavy atom. The van der Waals surface area contributed by atoms with Crippen LogP contribution in [0.25, 0.3) is 17.1 Å². The van der Waals surface area contributed by atoms with E-state index >= 15 is 0 Å². The molecule has 7 nitrogen and oxygen atoms in total. The van der Waals surface area contributed by atoms with Crippen LogP contribution in [0.4, 0.5) is 0 Å². The molecule has 0 unspecified atom stereocenters. The van der Waals surface area contributed by atoms with Crippen LogP contribution in [0.5, 0.6) is 0 Å². The Balaban J connectivity index is 1.60. The molecule has 2 aromatic carbocycles. The molecule has 10 heteroatoms. The molecule has 0 saturated heterocycles. The predicted molar refractivity (Wildman–Crippen MR) is 108 cm³/mol. The zero-order chi connectivity index (χ0) is 19.7. The number of nitriles is 1. The van der Waals surface area contributed by atoms with Crippen molar-refractivity contribution in [2.45, 2.75) is 11.6 Å². The third-order valence-corrected chi connectivity index (χ3v) is 4.95. The second-order valence-corrected chi connectivity index (χ2v) is 7.11. The number of hydrogen-bond donors (Lipinski definition) is 1. The van der Waals surface area contributed by atoms with Crippen molar-refractivity contribution in [1.82, 2.24) is 30.0 Å². The molecular weight excluding hydrogens is 417 g/mol. The van der Waals surface area contributed by atoms with Gasteiger partial charge >= 0.3 is 0 Å². The predicted octanol–water partition coefficient (Wildman–Crippen LogP) is 4.04. The van der Waals surface area contributed by atoms with Crippen LogP contribution in [0, 0.1) is 11.3 Å². The van der Waals surface area contributed by atoms with Crippen molar-refractivity contribution in [3.05, 3.63) is 69.8 Å². The SMILES string of the molecule is N#Cc1ccc(Cn2nnc(-c3cnn(-c4ccc(Cl)cc4Cl)c3S)n2)cc1. The van der Waals surface area contributed by atoms with Gasteiger partial charge in [-0.05, 0) is 41.1 Å². The number of thiol groups is 1. The van der Waals surface area contributed by atoms with Crippen LogP contribution in [-0.2, 0) is 6.54 Å². The summed E-state index contributed by atoms with van der Waals surface area (Å²) in [7, 11) is 0. The summed E-state index contributed by atoms with van der Waals surface area (Å²) >= 11 is 16.8. The number of aromatic nitrogens is 6. The van der Waals surface area contributed by atoms with Crippen molar-refractivity contribution in [2.75, 3.05) is 0 Å². The minimum absolute atomic E-state index is 0.398. The van der Waals surface area contributed by atoms with Crippen molar-refractivity contribution in [3.8, 4) is 23.1 Å². The lowest BCUT2D eigenvalue weighted by Crippen LogP contribution is -2.04. The molecule has 0 N–H and O–H groups in total. The van der Waals surface area contributed by atoms with Gasteiger partial charge in [-0.1, -0.05) is 35.3 Å². The Hall–Kier alpha value is -2.86. The summed E-state index contributed by atoms with van der Waals surface area (Å²) in [6.45, 7) is 0.428. The fraction of sp³-hybridized carbons (Fsp3) is 0.0556. The number of rotatable bonds is 4. The Morgan fingerprint density at radius 2 is 1.89 bits per heavy atom. The van der Waals surface area contributed by atoms with Gasteiger partial charge in [-0.15, -0.1) is 22.8 Å². The van der Waals surface area contributed by atoms with E-state index in [1.54, 1.807) is 41.2 Å². The second-order valence-electron chi connectivity index (χ2n) is 5.84. The van der Waals surface area contributed by atoms with Crippen molar-refractivity contribution < 1.29 is 0 Å². The first-order valence-corrected chi connectivity index (χ1v) is 9.25. The monoisotopic (exact) mass is 427 g/mol. The molecule has 0 aliphatic rings.